The van der Waals surface area contributed by atoms with Gasteiger partial charge in [-0.1, -0.05) is 176 Å². The molecule has 0 aliphatic heterocycles. The predicted molar refractivity (Wildman–Crippen MR) is 263 cm³/mol. The Kier molecular flexibility index (Phi) is 7.32. The minimum absolute atomic E-state index is 0.498. The first kappa shape index (κ1) is 35.2. The van der Waals surface area contributed by atoms with Crippen LogP contribution < -0.4 is 4.90 Å². The number of para-hydroxylation sites is 4. The molecule has 64 heavy (non-hydrogen) atoms. The number of hydrogen-bond donors (Lipinski definition) is 0. The molecule has 0 radical (unpaired) electrons. The second-order valence-corrected chi connectivity index (χ2v) is 17.0. The van der Waals surface area contributed by atoms with Crippen molar-refractivity contribution in [3.63, 3.8) is 0 Å². The van der Waals surface area contributed by atoms with Gasteiger partial charge in [0.2, 0.25) is 0 Å². The van der Waals surface area contributed by atoms with Crippen LogP contribution in [0.5, 0.6) is 0 Å². The summed E-state index contributed by atoms with van der Waals surface area (Å²) in [6, 6.07) is 81.6. The van der Waals surface area contributed by atoms with Crippen LogP contribution in [-0.4, -0.2) is 0 Å². The van der Waals surface area contributed by atoms with Crippen LogP contribution in [0.2, 0.25) is 0 Å². The van der Waals surface area contributed by atoms with E-state index >= 15 is 0 Å². The summed E-state index contributed by atoms with van der Waals surface area (Å²) in [6.45, 7) is 0. The zero-order valence-electron chi connectivity index (χ0n) is 34.6. The van der Waals surface area contributed by atoms with E-state index in [-0.39, 0.29) is 0 Å². The Hall–Kier alpha value is -8.40. The van der Waals surface area contributed by atoms with Crippen LogP contribution >= 0.6 is 0 Å². The van der Waals surface area contributed by atoms with Crippen molar-refractivity contribution in [2.75, 3.05) is 4.90 Å². The van der Waals surface area contributed by atoms with Crippen LogP contribution in [0.15, 0.2) is 233 Å². The van der Waals surface area contributed by atoms with Crippen molar-refractivity contribution in [2.24, 2.45) is 0 Å². The molecule has 0 fully saturated rings. The highest BCUT2D eigenvalue weighted by Gasteiger charge is 2.51. The largest absolute Gasteiger partial charge is 0.456 e. The molecule has 0 saturated carbocycles. The van der Waals surface area contributed by atoms with Gasteiger partial charge in [0, 0.05) is 38.4 Å². The fourth-order valence-electron chi connectivity index (χ4n) is 11.4. The highest BCUT2D eigenvalue weighted by molar-refractivity contribution is 6.16. The smallest absolute Gasteiger partial charge is 0.136 e. The fraction of sp³-hybridized carbons (Fsp3) is 0.0164. The number of furan rings is 2. The van der Waals surface area contributed by atoms with Crippen LogP contribution in [0.4, 0.5) is 17.1 Å². The van der Waals surface area contributed by atoms with E-state index in [0.717, 1.165) is 83.2 Å². The summed E-state index contributed by atoms with van der Waals surface area (Å²) in [5.74, 6) is 0. The number of nitrogens with zero attached hydrogens (tertiary/aromatic N) is 1. The molecule has 0 N–H and O–H groups in total. The lowest BCUT2D eigenvalue weighted by Gasteiger charge is -2.33. The summed E-state index contributed by atoms with van der Waals surface area (Å²) in [7, 11) is 0. The molecule has 298 valence electrons. The number of anilines is 3. The second-order valence-electron chi connectivity index (χ2n) is 17.0. The molecule has 0 unspecified atom stereocenters. The molecule has 0 amide bonds. The van der Waals surface area contributed by atoms with Crippen LogP contribution in [0, 0.1) is 0 Å². The number of hydrogen-bond acceptors (Lipinski definition) is 3. The maximum atomic E-state index is 6.50. The van der Waals surface area contributed by atoms with Gasteiger partial charge in [-0.25, -0.2) is 0 Å². The average molecular weight is 816 g/mol. The first-order chi connectivity index (χ1) is 31.8. The van der Waals surface area contributed by atoms with E-state index in [9.17, 15) is 0 Å². The SMILES string of the molecule is c1ccc(N(c2ccc3c(c2)C2(c4ccccc4-c4ccccc42)c2ccccc2-3)c2ccccc2-c2cccc3oc4ccccc4c23)c(-c2cccc3oc4ccccc4c23)c1. The van der Waals surface area contributed by atoms with Gasteiger partial charge in [0.15, 0.2) is 0 Å². The van der Waals surface area contributed by atoms with E-state index in [1.54, 1.807) is 0 Å². The van der Waals surface area contributed by atoms with E-state index in [1.165, 1.54) is 44.5 Å². The van der Waals surface area contributed by atoms with Crippen molar-refractivity contribution < 1.29 is 8.83 Å². The predicted octanol–water partition coefficient (Wildman–Crippen LogP) is 16.6. The van der Waals surface area contributed by atoms with Gasteiger partial charge in [-0.15, -0.1) is 0 Å². The molecule has 3 nitrogen and oxygen atoms in total. The Morgan fingerprint density at radius 3 is 1.16 bits per heavy atom. The van der Waals surface area contributed by atoms with Crippen molar-refractivity contribution >= 4 is 60.9 Å². The highest BCUT2D eigenvalue weighted by atomic mass is 16.3. The highest BCUT2D eigenvalue weighted by Crippen LogP contribution is 2.63. The first-order valence-electron chi connectivity index (χ1n) is 22.0. The average Bonchev–Trinajstić information content (AvgIpc) is 4.10. The molecule has 3 heteroatoms. The van der Waals surface area contributed by atoms with E-state index in [4.69, 9.17) is 8.83 Å². The van der Waals surface area contributed by atoms with Gasteiger partial charge < -0.3 is 13.7 Å². The van der Waals surface area contributed by atoms with Gasteiger partial charge in [-0.3, -0.25) is 0 Å². The van der Waals surface area contributed by atoms with Crippen molar-refractivity contribution in [3.8, 4) is 44.5 Å². The van der Waals surface area contributed by atoms with Gasteiger partial charge in [0.1, 0.15) is 22.3 Å². The summed E-state index contributed by atoms with van der Waals surface area (Å²) in [5.41, 5.74) is 21.0. The molecule has 2 heterocycles. The monoisotopic (exact) mass is 815 g/mol. The molecule has 0 bridgehead atoms. The molecule has 2 aliphatic rings. The lowest BCUT2D eigenvalue weighted by molar-refractivity contribution is 0.668. The molecule has 14 rings (SSSR count). The summed E-state index contributed by atoms with van der Waals surface area (Å²) < 4.78 is 13.0. The molecule has 0 saturated heterocycles. The molecule has 1 spiro atoms. The van der Waals surface area contributed by atoms with Gasteiger partial charge >= 0.3 is 0 Å². The summed E-state index contributed by atoms with van der Waals surface area (Å²) >= 11 is 0. The minimum Gasteiger partial charge on any atom is -0.456 e. The normalized spacial score (nSPS) is 13.1. The van der Waals surface area contributed by atoms with Crippen molar-refractivity contribution in [2.45, 2.75) is 5.41 Å². The number of fused-ring (bicyclic) bond motifs is 16. The molecule has 12 aromatic rings. The topological polar surface area (TPSA) is 29.5 Å². The van der Waals surface area contributed by atoms with E-state index in [0.29, 0.717) is 0 Å². The summed E-state index contributed by atoms with van der Waals surface area (Å²) in [6.07, 6.45) is 0. The second kappa shape index (κ2) is 13.3. The zero-order chi connectivity index (χ0) is 41.9. The molecule has 2 aromatic heterocycles. The number of benzene rings is 10. The molecular weight excluding hydrogens is 779 g/mol. The number of rotatable bonds is 5. The van der Waals surface area contributed by atoms with Crippen LogP contribution in [-0.2, 0) is 5.41 Å². The van der Waals surface area contributed by atoms with Gasteiger partial charge in [0.25, 0.3) is 0 Å². The van der Waals surface area contributed by atoms with Crippen molar-refractivity contribution in [1.29, 1.82) is 0 Å². The third-order valence-electron chi connectivity index (χ3n) is 13.9. The Morgan fingerprint density at radius 1 is 0.281 bits per heavy atom. The van der Waals surface area contributed by atoms with Crippen LogP contribution in [0.1, 0.15) is 22.3 Å². The Labute approximate surface area is 369 Å². The quantitative estimate of drug-likeness (QED) is 0.173. The minimum atomic E-state index is -0.498. The standard InChI is InChI=1S/C61H37NO2/c1-8-26-49-39(17-1)40-18-2-9-27-50(40)61(49)51-28-10-3-19-41(51)42-36-35-38(37-52(42)61)62(53-29-11-4-20-43(53)45-24-15-33-57-59(45)47-22-6-13-31-55(47)63-57)54-30-12-5-21-44(54)46-25-16-34-58-60(46)48-23-7-14-32-56(48)64-58/h1-37H. The van der Waals surface area contributed by atoms with E-state index in [1.807, 2.05) is 12.1 Å². The Balaban J connectivity index is 1.09. The fourth-order valence-corrected chi connectivity index (χ4v) is 11.4. The van der Waals surface area contributed by atoms with Crippen molar-refractivity contribution in [1.82, 2.24) is 0 Å². The van der Waals surface area contributed by atoms with Gasteiger partial charge in [-0.2, -0.15) is 0 Å². The molecule has 2 aliphatic carbocycles. The maximum absolute atomic E-state index is 6.50. The van der Waals surface area contributed by atoms with E-state index < -0.39 is 5.41 Å². The Morgan fingerprint density at radius 2 is 0.656 bits per heavy atom. The van der Waals surface area contributed by atoms with Crippen LogP contribution in [0.25, 0.3) is 88.4 Å². The summed E-state index contributed by atoms with van der Waals surface area (Å²) in [4.78, 5) is 2.50. The lowest BCUT2D eigenvalue weighted by Crippen LogP contribution is -2.26. The third kappa shape index (κ3) is 4.70. The first-order valence-corrected chi connectivity index (χ1v) is 22.0. The lowest BCUT2D eigenvalue weighted by atomic mass is 9.70. The zero-order valence-corrected chi connectivity index (χ0v) is 34.6. The molecule has 0 atom stereocenters. The molecular formula is C61H37NO2. The van der Waals surface area contributed by atoms with Gasteiger partial charge in [-0.05, 0) is 104 Å². The maximum Gasteiger partial charge on any atom is 0.136 e. The molecule has 10 aromatic carbocycles. The van der Waals surface area contributed by atoms with E-state index in [2.05, 4.69) is 217 Å². The van der Waals surface area contributed by atoms with Crippen molar-refractivity contribution in [3.05, 3.63) is 247 Å². The Bertz CT molecular complexity index is 3660. The summed E-state index contributed by atoms with van der Waals surface area (Å²) in [5, 5.41) is 4.42. The van der Waals surface area contributed by atoms with Gasteiger partial charge in [0.05, 0.1) is 16.8 Å². The third-order valence-corrected chi connectivity index (χ3v) is 13.9. The van der Waals surface area contributed by atoms with Crippen LogP contribution in [0.3, 0.4) is 0 Å².